The van der Waals surface area contributed by atoms with Gasteiger partial charge in [-0.25, -0.2) is 13.8 Å². The first-order valence-corrected chi connectivity index (χ1v) is 19.4. The fourth-order valence-electron chi connectivity index (χ4n) is 8.01. The monoisotopic (exact) mass is 774 g/mol. The van der Waals surface area contributed by atoms with Crippen LogP contribution in [0.25, 0.3) is 0 Å². The lowest BCUT2D eigenvalue weighted by Crippen LogP contribution is -2.47. The van der Waals surface area contributed by atoms with Gasteiger partial charge in [0.2, 0.25) is 17.7 Å². The number of hydrogen-bond donors (Lipinski definition) is 3. The molecule has 0 saturated carbocycles. The van der Waals surface area contributed by atoms with Crippen LogP contribution in [0.2, 0.25) is 5.02 Å². The zero-order chi connectivity index (χ0) is 38.5. The van der Waals surface area contributed by atoms with Gasteiger partial charge in [0.15, 0.2) is 5.82 Å². The number of halogens is 3. The summed E-state index contributed by atoms with van der Waals surface area (Å²) in [5.74, 6) is -0.318. The number of carbonyl (C=O) groups is 3. The second-order valence-electron chi connectivity index (χ2n) is 14.9. The van der Waals surface area contributed by atoms with Crippen LogP contribution >= 0.6 is 11.6 Å². The number of imide groups is 1. The quantitative estimate of drug-likeness (QED) is 0.219. The highest BCUT2D eigenvalue weighted by Crippen LogP contribution is 2.33. The second-order valence-corrected chi connectivity index (χ2v) is 15.2. The molecule has 55 heavy (non-hydrogen) atoms. The number of aromatic nitrogens is 1. The van der Waals surface area contributed by atoms with E-state index in [1.54, 1.807) is 30.5 Å². The number of benzene rings is 2. The van der Waals surface area contributed by atoms with E-state index < -0.39 is 11.9 Å². The first kappa shape index (κ1) is 38.3. The number of likely N-dealkylation sites (tertiary alicyclic amines) is 1. The van der Waals surface area contributed by atoms with Crippen LogP contribution in [-0.4, -0.2) is 85.6 Å². The average Bonchev–Trinajstić information content (AvgIpc) is 3.19. The van der Waals surface area contributed by atoms with Gasteiger partial charge in [-0.15, -0.1) is 0 Å². The van der Waals surface area contributed by atoms with E-state index in [1.807, 2.05) is 17.0 Å². The topological polar surface area (TPSA) is 143 Å². The van der Waals surface area contributed by atoms with Crippen molar-refractivity contribution in [3.8, 4) is 11.8 Å². The van der Waals surface area contributed by atoms with Gasteiger partial charge in [-0.3, -0.25) is 19.7 Å². The lowest BCUT2D eigenvalue weighted by Gasteiger charge is -2.38. The van der Waals surface area contributed by atoms with Gasteiger partial charge >= 0.3 is 0 Å². The highest BCUT2D eigenvalue weighted by molar-refractivity contribution is 6.32. The third-order valence-electron chi connectivity index (χ3n) is 11.2. The van der Waals surface area contributed by atoms with Crippen LogP contribution in [0.5, 0.6) is 5.75 Å². The molecule has 2 aromatic carbocycles. The number of rotatable bonds is 10. The smallest absolute Gasteiger partial charge is 0.249 e. The van der Waals surface area contributed by atoms with Crippen LogP contribution in [0.15, 0.2) is 48.7 Å². The molecular formula is C40H45ClF2N8O4. The maximum absolute atomic E-state index is 15.1. The van der Waals surface area contributed by atoms with Crippen LogP contribution < -0.4 is 30.5 Å². The van der Waals surface area contributed by atoms with Crippen molar-refractivity contribution in [3.63, 3.8) is 0 Å². The minimum Gasteiger partial charge on any atom is -0.489 e. The number of nitriles is 1. The standard InChI is InChI=1S/C40H45ClF2N8O4/c41-37-27(22-44)1-5-34(38(37)43)51-19-11-26(12-20-51)39(53)47-35-7-3-30(23-45-35)55-29-13-15-49(16-14-29)24-25-9-17-50(18-10-25)33-6-2-28(21-31(33)42)46-32-4-8-36(52)48-40(32)54/h1-3,5-7,21,23,25-26,29,32,46H,4,8-20,24H2,(H,45,47,53)(H,48,52,54). The van der Waals surface area contributed by atoms with Crippen LogP contribution in [0.4, 0.5) is 31.7 Å². The van der Waals surface area contributed by atoms with E-state index >= 15 is 4.39 Å². The van der Waals surface area contributed by atoms with Crippen molar-refractivity contribution in [2.45, 2.75) is 63.5 Å². The Morgan fingerprint density at radius 3 is 2.31 bits per heavy atom. The second kappa shape index (κ2) is 17.2. The number of hydrogen-bond acceptors (Lipinski definition) is 10. The number of nitrogens with zero attached hydrogens (tertiary/aromatic N) is 5. The van der Waals surface area contributed by atoms with E-state index in [2.05, 4.69) is 30.7 Å². The summed E-state index contributed by atoms with van der Waals surface area (Å²) < 4.78 is 36.1. The number of nitrogens with one attached hydrogen (secondary N) is 3. The van der Waals surface area contributed by atoms with Crippen molar-refractivity contribution in [2.75, 3.05) is 66.2 Å². The summed E-state index contributed by atoms with van der Waals surface area (Å²) in [6, 6.07) is 13.0. The van der Waals surface area contributed by atoms with E-state index in [1.165, 1.54) is 12.1 Å². The summed E-state index contributed by atoms with van der Waals surface area (Å²) in [6.07, 6.45) is 7.22. The van der Waals surface area contributed by atoms with E-state index in [0.29, 0.717) is 66.9 Å². The van der Waals surface area contributed by atoms with Crippen molar-refractivity contribution in [1.29, 1.82) is 5.26 Å². The fourth-order valence-corrected chi connectivity index (χ4v) is 8.22. The summed E-state index contributed by atoms with van der Waals surface area (Å²) in [4.78, 5) is 47.3. The molecule has 3 amide bonds. The van der Waals surface area contributed by atoms with Gasteiger partial charge in [-0.1, -0.05) is 11.6 Å². The molecule has 4 fully saturated rings. The Bertz CT molecular complexity index is 1920. The summed E-state index contributed by atoms with van der Waals surface area (Å²) >= 11 is 6.01. The zero-order valence-electron chi connectivity index (χ0n) is 30.5. The third kappa shape index (κ3) is 9.28. The molecule has 1 atom stereocenters. The van der Waals surface area contributed by atoms with E-state index in [-0.39, 0.29) is 52.6 Å². The Hall–Kier alpha value is -5.00. The van der Waals surface area contributed by atoms with Crippen molar-refractivity contribution < 1.29 is 27.9 Å². The molecule has 1 aromatic heterocycles. The predicted molar refractivity (Wildman–Crippen MR) is 205 cm³/mol. The fraction of sp³-hybridized carbons (Fsp3) is 0.475. The van der Waals surface area contributed by atoms with Crippen LogP contribution in [0.1, 0.15) is 56.9 Å². The number of ether oxygens (including phenoxy) is 1. The number of anilines is 4. The SMILES string of the molecule is N#Cc1ccc(N2CCC(C(=O)Nc3ccc(OC4CCN(CC5CCN(c6ccc(NC7CCC(=O)NC7=O)cc6F)CC5)CC4)cn3)CC2)c(F)c1Cl. The van der Waals surface area contributed by atoms with E-state index in [0.717, 1.165) is 58.4 Å². The maximum atomic E-state index is 15.1. The first-order chi connectivity index (χ1) is 26.6. The van der Waals surface area contributed by atoms with Gasteiger partial charge in [0.05, 0.1) is 28.2 Å². The third-order valence-corrected chi connectivity index (χ3v) is 11.6. The number of amides is 3. The van der Waals surface area contributed by atoms with Crippen molar-refractivity contribution in [3.05, 3.63) is 70.9 Å². The van der Waals surface area contributed by atoms with Crippen molar-refractivity contribution in [2.24, 2.45) is 11.8 Å². The molecule has 7 rings (SSSR count). The summed E-state index contributed by atoms with van der Waals surface area (Å²) in [5, 5.41) is 17.2. The normalized spacial score (nSPS) is 20.5. The Balaban J connectivity index is 0.795. The van der Waals surface area contributed by atoms with Crippen LogP contribution in [0, 0.1) is 34.8 Å². The maximum Gasteiger partial charge on any atom is 0.249 e. The summed E-state index contributed by atoms with van der Waals surface area (Å²) in [6.45, 7) is 5.41. The number of pyridine rings is 1. The molecule has 0 aliphatic carbocycles. The van der Waals surface area contributed by atoms with E-state index in [9.17, 15) is 18.8 Å². The summed E-state index contributed by atoms with van der Waals surface area (Å²) in [5.41, 5.74) is 1.52. The number of piperidine rings is 4. The molecule has 3 aromatic rings. The van der Waals surface area contributed by atoms with Gasteiger partial charge in [0.25, 0.3) is 0 Å². The molecule has 3 N–H and O–H groups in total. The Morgan fingerprint density at radius 1 is 0.927 bits per heavy atom. The lowest BCUT2D eigenvalue weighted by molar-refractivity contribution is -0.133. The van der Waals surface area contributed by atoms with Gasteiger partial charge in [0.1, 0.15) is 35.6 Å². The molecule has 15 heteroatoms. The molecule has 0 radical (unpaired) electrons. The van der Waals surface area contributed by atoms with Gasteiger partial charge in [-0.2, -0.15) is 5.26 Å². The van der Waals surface area contributed by atoms with Crippen molar-refractivity contribution >= 4 is 52.2 Å². The van der Waals surface area contributed by atoms with Crippen LogP contribution in [-0.2, 0) is 14.4 Å². The zero-order valence-corrected chi connectivity index (χ0v) is 31.3. The summed E-state index contributed by atoms with van der Waals surface area (Å²) in [7, 11) is 0. The molecule has 1 unspecified atom stereocenters. The van der Waals surface area contributed by atoms with Gasteiger partial charge in [0, 0.05) is 63.8 Å². The Kier molecular flexibility index (Phi) is 12.0. The molecule has 4 aliphatic heterocycles. The van der Waals surface area contributed by atoms with Crippen molar-refractivity contribution in [1.82, 2.24) is 15.2 Å². The molecular weight excluding hydrogens is 730 g/mol. The average molecular weight is 775 g/mol. The molecule has 5 heterocycles. The van der Waals surface area contributed by atoms with E-state index in [4.69, 9.17) is 21.6 Å². The highest BCUT2D eigenvalue weighted by atomic mass is 35.5. The minimum atomic E-state index is -0.613. The molecule has 0 spiro atoms. The Morgan fingerprint density at radius 2 is 1.64 bits per heavy atom. The predicted octanol–water partition coefficient (Wildman–Crippen LogP) is 5.72. The highest BCUT2D eigenvalue weighted by Gasteiger charge is 2.30. The number of carbonyl (C=O) groups excluding carboxylic acids is 3. The largest absolute Gasteiger partial charge is 0.489 e. The molecule has 0 bridgehead atoms. The lowest BCUT2D eigenvalue weighted by atomic mass is 9.94. The first-order valence-electron chi connectivity index (χ1n) is 19.1. The minimum absolute atomic E-state index is 0.0803. The molecule has 4 saturated heterocycles. The molecule has 12 nitrogen and oxygen atoms in total. The van der Waals surface area contributed by atoms with Gasteiger partial charge in [-0.05, 0) is 93.3 Å². The molecule has 290 valence electrons. The Labute approximate surface area is 324 Å². The molecule has 4 aliphatic rings. The van der Waals surface area contributed by atoms with Gasteiger partial charge < -0.3 is 30.1 Å². The van der Waals surface area contributed by atoms with Crippen LogP contribution in [0.3, 0.4) is 0 Å².